The Morgan fingerprint density at radius 3 is 2.45 bits per heavy atom. The third-order valence-electron chi connectivity index (χ3n) is 3.43. The summed E-state index contributed by atoms with van der Waals surface area (Å²) in [7, 11) is 0. The van der Waals surface area contributed by atoms with Crippen LogP contribution in [0.4, 0.5) is 0 Å². The monoisotopic (exact) mass is 360 g/mol. The molecule has 1 aromatic rings. The van der Waals surface area contributed by atoms with Gasteiger partial charge < -0.3 is 4.74 Å². The summed E-state index contributed by atoms with van der Waals surface area (Å²) in [5, 5.41) is 0.0891. The summed E-state index contributed by atoms with van der Waals surface area (Å²) in [6.07, 6.45) is 8.89. The summed E-state index contributed by atoms with van der Waals surface area (Å²) in [6.45, 7) is 4.93. The Hall–Kier alpha value is -0.210. The van der Waals surface area contributed by atoms with Gasteiger partial charge in [-0.2, -0.15) is 0 Å². The number of hydrogen-bond donors (Lipinski definition) is 0. The normalized spacial score (nSPS) is 12.4. The van der Waals surface area contributed by atoms with Gasteiger partial charge in [0.2, 0.25) is 0 Å². The van der Waals surface area contributed by atoms with Gasteiger partial charge in [0.25, 0.3) is 0 Å². The van der Waals surface area contributed by atoms with Crippen molar-refractivity contribution in [2.75, 3.05) is 6.61 Å². The van der Waals surface area contributed by atoms with E-state index in [1.54, 1.807) is 0 Å². The Kier molecular flexibility index (Phi) is 9.37. The van der Waals surface area contributed by atoms with Crippen molar-refractivity contribution in [3.63, 3.8) is 0 Å². The summed E-state index contributed by atoms with van der Waals surface area (Å²) in [6, 6.07) is 6.08. The minimum atomic E-state index is 0.0891. The molecule has 3 heteroatoms. The van der Waals surface area contributed by atoms with Crippen molar-refractivity contribution in [1.29, 1.82) is 0 Å². The molecular formula is C17H26BrClO. The van der Waals surface area contributed by atoms with Crippen LogP contribution in [0.25, 0.3) is 0 Å². The summed E-state index contributed by atoms with van der Waals surface area (Å²) in [5.41, 5.74) is 1.17. The smallest absolute Gasteiger partial charge is 0.120 e. The highest BCUT2D eigenvalue weighted by molar-refractivity contribution is 9.10. The molecule has 0 aromatic heterocycles. The van der Waals surface area contributed by atoms with Gasteiger partial charge in [-0.15, -0.1) is 11.6 Å². The molecule has 0 spiro atoms. The molecule has 0 fully saturated rings. The molecule has 1 rings (SSSR count). The van der Waals surface area contributed by atoms with Gasteiger partial charge in [0.1, 0.15) is 5.75 Å². The van der Waals surface area contributed by atoms with Crippen molar-refractivity contribution >= 4 is 27.5 Å². The molecule has 0 aliphatic carbocycles. The molecule has 1 unspecified atom stereocenters. The average Bonchev–Trinajstić information content (AvgIpc) is 2.43. The maximum absolute atomic E-state index is 6.51. The molecule has 0 heterocycles. The molecule has 0 aliphatic rings. The van der Waals surface area contributed by atoms with E-state index in [-0.39, 0.29) is 5.38 Å². The molecule has 0 saturated carbocycles. The van der Waals surface area contributed by atoms with Gasteiger partial charge in [-0.05, 0) is 31.0 Å². The zero-order chi connectivity index (χ0) is 14.8. The summed E-state index contributed by atoms with van der Waals surface area (Å²) < 4.78 is 6.53. The molecule has 0 saturated heterocycles. The van der Waals surface area contributed by atoms with Crippen molar-refractivity contribution in [2.24, 2.45) is 0 Å². The van der Waals surface area contributed by atoms with Gasteiger partial charge in [-0.25, -0.2) is 0 Å². The lowest BCUT2D eigenvalue weighted by atomic mass is 10.0. The first kappa shape index (κ1) is 17.8. The second kappa shape index (κ2) is 10.5. The Labute approximate surface area is 137 Å². The van der Waals surface area contributed by atoms with Crippen LogP contribution in [0.2, 0.25) is 0 Å². The van der Waals surface area contributed by atoms with Crippen LogP contribution in [0.5, 0.6) is 5.75 Å². The Morgan fingerprint density at radius 1 is 1.10 bits per heavy atom. The van der Waals surface area contributed by atoms with Gasteiger partial charge in [-0.1, -0.05) is 67.4 Å². The fraction of sp³-hybridized carbons (Fsp3) is 0.647. The maximum Gasteiger partial charge on any atom is 0.120 e. The summed E-state index contributed by atoms with van der Waals surface area (Å²) in [4.78, 5) is 0. The topological polar surface area (TPSA) is 9.23 Å². The Bertz CT molecular complexity index is 381. The van der Waals surface area contributed by atoms with Gasteiger partial charge in [-0.3, -0.25) is 0 Å². The minimum Gasteiger partial charge on any atom is -0.494 e. The Morgan fingerprint density at radius 2 is 1.80 bits per heavy atom. The van der Waals surface area contributed by atoms with Crippen LogP contribution in [0.1, 0.15) is 69.7 Å². The largest absolute Gasteiger partial charge is 0.494 e. The van der Waals surface area contributed by atoms with E-state index in [9.17, 15) is 0 Å². The number of unbranched alkanes of at least 4 members (excludes halogenated alkanes) is 5. The predicted molar refractivity (Wildman–Crippen MR) is 91.9 cm³/mol. The third kappa shape index (κ3) is 6.49. The van der Waals surface area contributed by atoms with Crippen molar-refractivity contribution in [2.45, 2.75) is 64.2 Å². The fourth-order valence-corrected chi connectivity index (χ4v) is 3.39. The zero-order valence-electron chi connectivity index (χ0n) is 12.6. The molecule has 0 amide bonds. The van der Waals surface area contributed by atoms with Gasteiger partial charge in [0.05, 0.1) is 12.0 Å². The average molecular weight is 362 g/mol. The summed E-state index contributed by atoms with van der Waals surface area (Å²) >= 11 is 10.1. The first-order valence-corrected chi connectivity index (χ1v) is 8.98. The molecule has 0 aliphatic heterocycles. The standard InChI is InChI=1S/C17H26BrClO/c1-3-5-6-7-8-9-10-17(19)15-12-11-14(20-4-2)13-16(15)18/h11-13,17H,3-10H2,1-2H3. The molecule has 114 valence electrons. The molecule has 0 N–H and O–H groups in total. The van der Waals surface area contributed by atoms with Crippen LogP contribution in [0.3, 0.4) is 0 Å². The van der Waals surface area contributed by atoms with E-state index in [0.717, 1.165) is 16.6 Å². The number of hydrogen-bond acceptors (Lipinski definition) is 1. The first-order chi connectivity index (χ1) is 9.69. The molecular weight excluding hydrogens is 336 g/mol. The molecule has 1 atom stereocenters. The van der Waals surface area contributed by atoms with Gasteiger partial charge >= 0.3 is 0 Å². The van der Waals surface area contributed by atoms with Crippen LogP contribution in [-0.4, -0.2) is 6.61 Å². The van der Waals surface area contributed by atoms with Crippen LogP contribution in [0, 0.1) is 0 Å². The van der Waals surface area contributed by atoms with E-state index in [1.807, 2.05) is 19.1 Å². The highest BCUT2D eigenvalue weighted by Gasteiger charge is 2.12. The fourth-order valence-electron chi connectivity index (χ4n) is 2.28. The van der Waals surface area contributed by atoms with E-state index >= 15 is 0 Å². The lowest BCUT2D eigenvalue weighted by Gasteiger charge is -2.13. The number of alkyl halides is 1. The number of rotatable bonds is 10. The number of halogens is 2. The van der Waals surface area contributed by atoms with E-state index in [1.165, 1.54) is 44.1 Å². The van der Waals surface area contributed by atoms with Crippen molar-refractivity contribution in [3.05, 3.63) is 28.2 Å². The zero-order valence-corrected chi connectivity index (χ0v) is 15.0. The van der Waals surface area contributed by atoms with E-state index < -0.39 is 0 Å². The highest BCUT2D eigenvalue weighted by atomic mass is 79.9. The van der Waals surface area contributed by atoms with Crippen molar-refractivity contribution < 1.29 is 4.74 Å². The predicted octanol–water partition coefficient (Wildman–Crippen LogP) is 6.88. The van der Waals surface area contributed by atoms with Crippen molar-refractivity contribution in [1.82, 2.24) is 0 Å². The van der Waals surface area contributed by atoms with E-state index in [0.29, 0.717) is 6.61 Å². The van der Waals surface area contributed by atoms with Crippen LogP contribution >= 0.6 is 27.5 Å². The molecule has 0 radical (unpaired) electrons. The third-order valence-corrected chi connectivity index (χ3v) is 4.57. The maximum atomic E-state index is 6.51. The lowest BCUT2D eigenvalue weighted by molar-refractivity contribution is 0.340. The van der Waals surface area contributed by atoms with Crippen LogP contribution < -0.4 is 4.74 Å². The molecule has 1 nitrogen and oxygen atoms in total. The quantitative estimate of drug-likeness (QED) is 0.326. The van der Waals surface area contributed by atoms with Crippen LogP contribution in [0.15, 0.2) is 22.7 Å². The van der Waals surface area contributed by atoms with E-state index in [4.69, 9.17) is 16.3 Å². The summed E-state index contributed by atoms with van der Waals surface area (Å²) in [5.74, 6) is 0.895. The van der Waals surface area contributed by atoms with Gasteiger partial charge in [0, 0.05) is 4.47 Å². The lowest BCUT2D eigenvalue weighted by Crippen LogP contribution is -1.95. The second-order valence-electron chi connectivity index (χ2n) is 5.14. The SMILES string of the molecule is CCCCCCCCC(Cl)c1ccc(OCC)cc1Br. The number of ether oxygens (including phenoxy) is 1. The van der Waals surface area contributed by atoms with Gasteiger partial charge in [0.15, 0.2) is 0 Å². The second-order valence-corrected chi connectivity index (χ2v) is 6.52. The van der Waals surface area contributed by atoms with Crippen molar-refractivity contribution in [3.8, 4) is 5.75 Å². The first-order valence-electron chi connectivity index (χ1n) is 7.75. The highest BCUT2D eigenvalue weighted by Crippen LogP contribution is 2.34. The van der Waals surface area contributed by atoms with Crippen LogP contribution in [-0.2, 0) is 0 Å². The molecule has 1 aromatic carbocycles. The van der Waals surface area contributed by atoms with E-state index in [2.05, 4.69) is 28.9 Å². The number of benzene rings is 1. The Balaban J connectivity index is 2.37. The minimum absolute atomic E-state index is 0.0891. The molecule has 0 bridgehead atoms. The molecule has 20 heavy (non-hydrogen) atoms.